The van der Waals surface area contributed by atoms with Crippen molar-refractivity contribution < 1.29 is 153 Å². The summed E-state index contributed by atoms with van der Waals surface area (Å²) in [5.74, 6) is -2.41. The fourth-order valence-electron chi connectivity index (χ4n) is 9.62. The van der Waals surface area contributed by atoms with E-state index in [1.165, 1.54) is 0 Å². The van der Waals surface area contributed by atoms with Crippen molar-refractivity contribution in [1.82, 2.24) is 16.0 Å². The fourth-order valence-corrected chi connectivity index (χ4v) is 9.62. The molecule has 6 aliphatic rings. The monoisotopic (exact) mass is 1110 g/mol. The Morgan fingerprint density at radius 3 is 1.17 bits per heavy atom. The van der Waals surface area contributed by atoms with Crippen molar-refractivity contribution in [2.24, 2.45) is 0 Å². The molecule has 0 spiro atoms. The summed E-state index contributed by atoms with van der Waals surface area (Å²) in [4.78, 5) is 37.3. The van der Waals surface area contributed by atoms with E-state index in [2.05, 4.69) is 16.0 Å². The van der Waals surface area contributed by atoms with Gasteiger partial charge in [0.05, 0.1) is 39.6 Å². The normalized spacial score (nSPS) is 48.2. The SMILES string of the molecule is CC(=O)N[C@@H]1[C@@H](O[C@@H]2O[C@H](CO)[C@H](O)[C@H](O)[C@H]2O)[C@@H](O)[C@@H](CO[C@@H]2O[C@H](CO)[C@@H](O[C@@H]3O[C@H](CO)[C@H](O)[C@H](O[C@@H]4O[C@H](CO)[C@@H](O)[C@H](O[C@@H]5O[C@H](CO)[C@H](O)[C@H](O)[C@H]5O)[C@H]4NC(C)=O)[C@H]3O)[C@H](O)[C@H]2NC(C)=O)O[C@@H]1O. The summed E-state index contributed by atoms with van der Waals surface area (Å²) in [5, 5.41) is 189. The number of amides is 3. The zero-order valence-electron chi connectivity index (χ0n) is 40.9. The highest BCUT2D eigenvalue weighted by molar-refractivity contribution is 5.74. The minimum Gasteiger partial charge on any atom is -0.394 e. The first-order valence-electron chi connectivity index (χ1n) is 24.1. The van der Waals surface area contributed by atoms with Gasteiger partial charge in [-0.15, -0.1) is 0 Å². The second-order valence-corrected chi connectivity index (χ2v) is 19.0. The molecule has 0 saturated carbocycles. The molecule has 0 radical (unpaired) electrons. The number of hydrogen-bond acceptors (Lipinski definition) is 31. The van der Waals surface area contributed by atoms with Crippen LogP contribution in [0.4, 0.5) is 0 Å². The fraction of sp³-hybridized carbons (Fsp3) is 0.929. The molecule has 6 fully saturated rings. The quantitative estimate of drug-likeness (QED) is 0.0571. The molecule has 0 bridgehead atoms. The molecule has 30 atom stereocenters. The van der Waals surface area contributed by atoms with Gasteiger partial charge in [-0.05, 0) is 0 Å². The van der Waals surface area contributed by atoms with Crippen LogP contribution in [-0.4, -0.2) is 328 Å². The van der Waals surface area contributed by atoms with Crippen molar-refractivity contribution >= 4 is 17.7 Å². The molecule has 76 heavy (non-hydrogen) atoms. The summed E-state index contributed by atoms with van der Waals surface area (Å²) in [6.07, 6.45) is -50.4. The molecule has 0 aromatic rings. The molecule has 6 saturated heterocycles. The third-order valence-electron chi connectivity index (χ3n) is 13.6. The van der Waals surface area contributed by atoms with Gasteiger partial charge < -0.3 is 155 Å². The Morgan fingerprint density at radius 2 is 0.697 bits per heavy atom. The molecule has 0 aliphatic carbocycles. The zero-order valence-corrected chi connectivity index (χ0v) is 40.9. The van der Waals surface area contributed by atoms with Crippen LogP contribution in [0.3, 0.4) is 0 Å². The molecule has 440 valence electrons. The van der Waals surface area contributed by atoms with Crippen molar-refractivity contribution in [3.8, 4) is 0 Å². The summed E-state index contributed by atoms with van der Waals surface area (Å²) in [7, 11) is 0. The molecular weight excluding hydrogens is 1040 g/mol. The van der Waals surface area contributed by atoms with E-state index in [0.717, 1.165) is 20.8 Å². The third kappa shape index (κ3) is 13.7. The number of aliphatic hydroxyl groups is 17. The summed E-state index contributed by atoms with van der Waals surface area (Å²) < 4.78 is 63.0. The van der Waals surface area contributed by atoms with Crippen LogP contribution in [0.1, 0.15) is 20.8 Å². The highest BCUT2D eigenvalue weighted by Gasteiger charge is 2.57. The number of carbonyl (C=O) groups is 3. The van der Waals surface area contributed by atoms with E-state index in [1.54, 1.807) is 0 Å². The predicted molar refractivity (Wildman–Crippen MR) is 234 cm³/mol. The van der Waals surface area contributed by atoms with E-state index >= 15 is 0 Å². The molecule has 6 aliphatic heterocycles. The van der Waals surface area contributed by atoms with Gasteiger partial charge in [-0.2, -0.15) is 0 Å². The average Bonchev–Trinajstić information content (AvgIpc) is 3.38. The Labute approximate surface area is 431 Å². The highest BCUT2D eigenvalue weighted by Crippen LogP contribution is 2.36. The first kappa shape index (κ1) is 62.5. The van der Waals surface area contributed by atoms with E-state index in [-0.39, 0.29) is 0 Å². The molecule has 0 aromatic heterocycles. The average molecular weight is 1110 g/mol. The minimum absolute atomic E-state index is 0.758. The lowest BCUT2D eigenvalue weighted by Crippen LogP contribution is -2.70. The van der Waals surface area contributed by atoms with Crippen LogP contribution in [0.25, 0.3) is 0 Å². The van der Waals surface area contributed by atoms with Gasteiger partial charge in [0.15, 0.2) is 37.7 Å². The molecule has 20 N–H and O–H groups in total. The van der Waals surface area contributed by atoms with Crippen LogP contribution in [0.2, 0.25) is 0 Å². The molecule has 34 nitrogen and oxygen atoms in total. The largest absolute Gasteiger partial charge is 0.394 e. The number of hydrogen-bond donors (Lipinski definition) is 20. The lowest BCUT2D eigenvalue weighted by Gasteiger charge is -2.50. The van der Waals surface area contributed by atoms with Gasteiger partial charge in [-0.1, -0.05) is 0 Å². The molecule has 34 heteroatoms. The Bertz CT molecular complexity index is 1870. The maximum Gasteiger partial charge on any atom is 0.217 e. The van der Waals surface area contributed by atoms with Crippen molar-refractivity contribution in [2.75, 3.05) is 39.6 Å². The van der Waals surface area contributed by atoms with Crippen LogP contribution < -0.4 is 16.0 Å². The van der Waals surface area contributed by atoms with Gasteiger partial charge in [-0.3, -0.25) is 14.4 Å². The van der Waals surface area contributed by atoms with Gasteiger partial charge in [0.25, 0.3) is 0 Å². The summed E-state index contributed by atoms with van der Waals surface area (Å²) in [5.41, 5.74) is 0. The smallest absolute Gasteiger partial charge is 0.217 e. The van der Waals surface area contributed by atoms with E-state index < -0.39 is 241 Å². The van der Waals surface area contributed by atoms with E-state index in [4.69, 9.17) is 52.1 Å². The molecule has 3 amide bonds. The second kappa shape index (κ2) is 27.2. The van der Waals surface area contributed by atoms with Crippen LogP contribution in [0.15, 0.2) is 0 Å². The molecule has 6 heterocycles. The van der Waals surface area contributed by atoms with E-state index in [1.807, 2.05) is 0 Å². The summed E-state index contributed by atoms with van der Waals surface area (Å²) in [6, 6.07) is -5.01. The number of rotatable bonds is 19. The van der Waals surface area contributed by atoms with Gasteiger partial charge >= 0.3 is 0 Å². The second-order valence-electron chi connectivity index (χ2n) is 19.0. The van der Waals surface area contributed by atoms with Gasteiger partial charge in [0.2, 0.25) is 17.7 Å². The Hall–Kier alpha value is -2.71. The molecule has 6 rings (SSSR count). The third-order valence-corrected chi connectivity index (χ3v) is 13.6. The lowest BCUT2D eigenvalue weighted by atomic mass is 9.94. The Kier molecular flexibility index (Phi) is 22.3. The van der Waals surface area contributed by atoms with Gasteiger partial charge in [-0.25, -0.2) is 0 Å². The number of nitrogens with one attached hydrogen (secondary N) is 3. The molecular formula is C42H71N3O31. The van der Waals surface area contributed by atoms with Gasteiger partial charge in [0.1, 0.15) is 146 Å². The topological polar surface area (TPSA) is 533 Å². The molecule has 0 aromatic carbocycles. The number of aliphatic hydroxyl groups excluding tert-OH is 17. The van der Waals surface area contributed by atoms with E-state index in [9.17, 15) is 101 Å². The van der Waals surface area contributed by atoms with Crippen LogP contribution in [0, 0.1) is 0 Å². The van der Waals surface area contributed by atoms with Crippen molar-refractivity contribution in [3.05, 3.63) is 0 Å². The van der Waals surface area contributed by atoms with E-state index in [0.29, 0.717) is 0 Å². The van der Waals surface area contributed by atoms with Crippen molar-refractivity contribution in [2.45, 2.75) is 205 Å². The highest BCUT2D eigenvalue weighted by atomic mass is 16.8. The maximum absolute atomic E-state index is 12.6. The zero-order chi connectivity index (χ0) is 56.2. The Morgan fingerprint density at radius 1 is 0.342 bits per heavy atom. The number of ether oxygens (including phenoxy) is 11. The lowest BCUT2D eigenvalue weighted by molar-refractivity contribution is -0.378. The summed E-state index contributed by atoms with van der Waals surface area (Å²) >= 11 is 0. The maximum atomic E-state index is 12.6. The first-order chi connectivity index (χ1) is 35.9. The van der Waals surface area contributed by atoms with Gasteiger partial charge in [0, 0.05) is 20.8 Å². The first-order valence-corrected chi connectivity index (χ1v) is 24.1. The predicted octanol–water partition coefficient (Wildman–Crippen LogP) is -13.7. The number of carbonyl (C=O) groups excluding carboxylic acids is 3. The summed E-state index contributed by atoms with van der Waals surface area (Å²) in [6.45, 7) is -2.49. The molecule has 0 unspecified atom stereocenters. The van der Waals surface area contributed by atoms with Crippen molar-refractivity contribution in [1.29, 1.82) is 0 Å². The van der Waals surface area contributed by atoms with Crippen LogP contribution >= 0.6 is 0 Å². The standard InChI is InChI=1S/C42H71N3O31/c1-10(51)43-19-27(59)33(17(8-50)72-38(19)66-9-18-26(58)34(20(37(65)67-18)44-11(2)52)74-40-30(62)28(60)22(54)13(4-46)69-40)73-42-32(64)36(25(57)16(7-49)71-42)76-39-21(45-12(3)53)35(24(56)15(6-48)68-39)75-41-31(63)29(61)23(55)14(5-47)70-41/h13-42,46-50,54-65H,4-9H2,1-3H3,(H,43,51)(H,44,52)(H,45,53)/t13-,14-,15-,16-,17-,18-,19-,20-,21-,22+,23+,24-,25+,26+,27-,28+,29+,30-,31-,32-,33-,34-,35-,36+,37+,38-,39+,40+,41+,42+/m1/s1. The van der Waals surface area contributed by atoms with Crippen LogP contribution in [0.5, 0.6) is 0 Å². The van der Waals surface area contributed by atoms with Crippen LogP contribution in [-0.2, 0) is 66.5 Å². The Balaban J connectivity index is 1.20. The minimum atomic E-state index is -2.21. The van der Waals surface area contributed by atoms with Crippen molar-refractivity contribution in [3.63, 3.8) is 0 Å².